The van der Waals surface area contributed by atoms with Crippen LogP contribution < -0.4 is 9.62 Å². The molecule has 0 fully saturated rings. The van der Waals surface area contributed by atoms with Crippen LogP contribution in [0.15, 0.2) is 77.3 Å². The Hall–Kier alpha value is -3.31. The lowest BCUT2D eigenvalue weighted by Gasteiger charge is -2.34. The molecule has 0 unspecified atom stereocenters. The number of nitrogens with zero attached hydrogens (tertiary/aromatic N) is 2. The molecule has 0 spiro atoms. The summed E-state index contributed by atoms with van der Waals surface area (Å²) in [6.07, 6.45) is 1.72. The number of sulfonamides is 1. The summed E-state index contributed by atoms with van der Waals surface area (Å²) in [6.45, 7) is 3.07. The van der Waals surface area contributed by atoms with Crippen LogP contribution in [0.25, 0.3) is 0 Å². The molecule has 2 amide bonds. The molecule has 0 aliphatic rings. The Bertz CT molecular complexity index is 1420. The highest BCUT2D eigenvalue weighted by atomic mass is 79.9. The molecule has 0 aliphatic heterocycles. The van der Waals surface area contributed by atoms with E-state index in [1.165, 1.54) is 4.90 Å². The van der Waals surface area contributed by atoms with Crippen LogP contribution >= 0.6 is 15.9 Å². The van der Waals surface area contributed by atoms with Gasteiger partial charge in [-0.2, -0.15) is 0 Å². The van der Waals surface area contributed by atoms with Gasteiger partial charge < -0.3 is 10.2 Å². The van der Waals surface area contributed by atoms with E-state index in [9.17, 15) is 26.8 Å². The maximum Gasteiger partial charge on any atom is 0.244 e. The van der Waals surface area contributed by atoms with Gasteiger partial charge in [0, 0.05) is 29.5 Å². The zero-order valence-electron chi connectivity index (χ0n) is 22.5. The number of rotatable bonds is 12. The lowest BCUT2D eigenvalue weighted by Crippen LogP contribution is -2.54. The van der Waals surface area contributed by atoms with Gasteiger partial charge in [-0.15, -0.1) is 0 Å². The maximum absolute atomic E-state index is 14.0. The van der Waals surface area contributed by atoms with Crippen LogP contribution in [0.1, 0.15) is 31.4 Å². The largest absolute Gasteiger partial charge is 0.352 e. The van der Waals surface area contributed by atoms with Gasteiger partial charge in [0.2, 0.25) is 21.8 Å². The minimum absolute atomic E-state index is 0.00687. The summed E-state index contributed by atoms with van der Waals surface area (Å²) < 4.78 is 54.6. The molecule has 0 aromatic heterocycles. The van der Waals surface area contributed by atoms with E-state index in [0.717, 1.165) is 34.5 Å². The third-order valence-corrected chi connectivity index (χ3v) is 8.08. The van der Waals surface area contributed by atoms with E-state index in [1.807, 2.05) is 44.2 Å². The normalized spacial score (nSPS) is 12.8. The standard InChI is InChI=1S/C29H32BrF2N3O4S/c1-4-20(2)33-29(37)27(16-21-8-6-5-7-9-21)34(18-22-10-12-23(30)13-11-22)28(36)19-35(40(3,38)39)24-14-15-25(31)26(32)17-24/h5-15,17,20,27H,4,16,18-19H2,1-3H3,(H,33,37)/t20-,27+/m1/s1. The van der Waals surface area contributed by atoms with E-state index in [1.54, 1.807) is 24.3 Å². The number of benzene rings is 3. The second-order valence-corrected chi connectivity index (χ2v) is 12.4. The molecule has 0 bridgehead atoms. The topological polar surface area (TPSA) is 86.8 Å². The van der Waals surface area contributed by atoms with Gasteiger partial charge >= 0.3 is 0 Å². The predicted molar refractivity (Wildman–Crippen MR) is 155 cm³/mol. The van der Waals surface area contributed by atoms with Crippen LogP contribution in [0.2, 0.25) is 0 Å². The van der Waals surface area contributed by atoms with Crippen LogP contribution in [0, 0.1) is 11.6 Å². The number of nitrogens with one attached hydrogen (secondary N) is 1. The molecule has 2 atom stereocenters. The average molecular weight is 637 g/mol. The highest BCUT2D eigenvalue weighted by Gasteiger charge is 2.33. The van der Waals surface area contributed by atoms with E-state index in [4.69, 9.17) is 0 Å². The highest BCUT2D eigenvalue weighted by molar-refractivity contribution is 9.10. The Morgan fingerprint density at radius 1 is 0.950 bits per heavy atom. The van der Waals surface area contributed by atoms with Crippen molar-refractivity contribution in [1.29, 1.82) is 0 Å². The first kappa shape index (κ1) is 31.2. The molecule has 0 saturated carbocycles. The summed E-state index contributed by atoms with van der Waals surface area (Å²) in [7, 11) is -4.09. The van der Waals surface area contributed by atoms with Gasteiger partial charge in [0.15, 0.2) is 11.6 Å². The van der Waals surface area contributed by atoms with Crippen molar-refractivity contribution in [2.24, 2.45) is 0 Å². The number of halogens is 3. The number of carbonyl (C=O) groups is 2. The molecule has 0 heterocycles. The van der Waals surface area contributed by atoms with Crippen LogP contribution in [0.4, 0.5) is 14.5 Å². The smallest absolute Gasteiger partial charge is 0.244 e. The summed E-state index contributed by atoms with van der Waals surface area (Å²) in [5, 5.41) is 2.95. The Balaban J connectivity index is 2.06. The van der Waals surface area contributed by atoms with Crippen molar-refractivity contribution in [3.8, 4) is 0 Å². The van der Waals surface area contributed by atoms with Gasteiger partial charge in [-0.3, -0.25) is 13.9 Å². The quantitative estimate of drug-likeness (QED) is 0.302. The van der Waals surface area contributed by atoms with Gasteiger partial charge in [-0.05, 0) is 48.7 Å². The minimum Gasteiger partial charge on any atom is -0.352 e. The van der Waals surface area contributed by atoms with Crippen molar-refractivity contribution in [2.75, 3.05) is 17.1 Å². The summed E-state index contributed by atoms with van der Waals surface area (Å²) in [4.78, 5) is 28.9. The molecule has 0 radical (unpaired) electrons. The van der Waals surface area contributed by atoms with E-state index in [2.05, 4.69) is 21.2 Å². The minimum atomic E-state index is -4.09. The van der Waals surface area contributed by atoms with Crippen molar-refractivity contribution in [3.05, 3.63) is 100 Å². The number of hydrogen-bond donors (Lipinski definition) is 1. The Kier molecular flexibility index (Phi) is 10.8. The molecule has 7 nitrogen and oxygen atoms in total. The van der Waals surface area contributed by atoms with E-state index in [0.29, 0.717) is 16.3 Å². The van der Waals surface area contributed by atoms with Crippen molar-refractivity contribution in [3.63, 3.8) is 0 Å². The fourth-order valence-corrected chi connectivity index (χ4v) is 5.14. The first-order chi connectivity index (χ1) is 18.9. The monoisotopic (exact) mass is 635 g/mol. The van der Waals surface area contributed by atoms with Crippen molar-refractivity contribution < 1.29 is 26.8 Å². The average Bonchev–Trinajstić information content (AvgIpc) is 2.91. The fraction of sp³-hybridized carbons (Fsp3) is 0.310. The van der Waals surface area contributed by atoms with Crippen molar-refractivity contribution in [1.82, 2.24) is 10.2 Å². The maximum atomic E-state index is 14.0. The number of anilines is 1. The Morgan fingerprint density at radius 2 is 1.60 bits per heavy atom. The first-order valence-corrected chi connectivity index (χ1v) is 15.3. The Labute approximate surface area is 242 Å². The summed E-state index contributed by atoms with van der Waals surface area (Å²) in [5.41, 5.74) is 1.31. The second kappa shape index (κ2) is 13.8. The summed E-state index contributed by atoms with van der Waals surface area (Å²) >= 11 is 3.39. The third-order valence-electron chi connectivity index (χ3n) is 6.41. The number of amides is 2. The molecule has 40 heavy (non-hydrogen) atoms. The summed E-state index contributed by atoms with van der Waals surface area (Å²) in [5.74, 6) is -3.47. The first-order valence-electron chi connectivity index (χ1n) is 12.7. The van der Waals surface area contributed by atoms with E-state index < -0.39 is 40.2 Å². The Morgan fingerprint density at radius 3 is 2.17 bits per heavy atom. The zero-order valence-corrected chi connectivity index (χ0v) is 24.9. The van der Waals surface area contributed by atoms with Gasteiger partial charge in [0.25, 0.3) is 0 Å². The number of hydrogen-bond acceptors (Lipinski definition) is 4. The summed E-state index contributed by atoms with van der Waals surface area (Å²) in [6, 6.07) is 17.8. The SMILES string of the molecule is CC[C@@H](C)NC(=O)[C@H](Cc1ccccc1)N(Cc1ccc(Br)cc1)C(=O)CN(c1ccc(F)c(F)c1)S(C)(=O)=O. The fourth-order valence-electron chi connectivity index (χ4n) is 4.04. The molecular weight excluding hydrogens is 604 g/mol. The predicted octanol–water partition coefficient (Wildman–Crippen LogP) is 5.05. The molecule has 3 aromatic carbocycles. The third kappa shape index (κ3) is 8.59. The van der Waals surface area contributed by atoms with Gasteiger partial charge in [0.1, 0.15) is 12.6 Å². The molecule has 0 saturated heterocycles. The molecule has 214 valence electrons. The van der Waals surface area contributed by atoms with Crippen LogP contribution in [-0.4, -0.2) is 50.0 Å². The second-order valence-electron chi connectivity index (χ2n) is 9.54. The van der Waals surface area contributed by atoms with E-state index >= 15 is 0 Å². The van der Waals surface area contributed by atoms with Gasteiger partial charge in [-0.25, -0.2) is 17.2 Å². The molecule has 3 rings (SSSR count). The van der Waals surface area contributed by atoms with Crippen molar-refractivity contribution >= 4 is 43.5 Å². The molecular formula is C29H32BrF2N3O4S. The van der Waals surface area contributed by atoms with Crippen LogP contribution in [0.5, 0.6) is 0 Å². The van der Waals surface area contributed by atoms with Crippen molar-refractivity contribution in [2.45, 2.75) is 45.3 Å². The lowest BCUT2D eigenvalue weighted by atomic mass is 10.0. The molecule has 3 aromatic rings. The molecule has 0 aliphatic carbocycles. The van der Waals surface area contributed by atoms with Gasteiger partial charge in [0.05, 0.1) is 11.9 Å². The molecule has 1 N–H and O–H groups in total. The van der Waals surface area contributed by atoms with Gasteiger partial charge in [-0.1, -0.05) is 65.3 Å². The zero-order chi connectivity index (χ0) is 29.4. The van der Waals surface area contributed by atoms with Crippen LogP contribution in [-0.2, 0) is 32.6 Å². The van der Waals surface area contributed by atoms with E-state index in [-0.39, 0.29) is 30.6 Å². The van der Waals surface area contributed by atoms with Crippen LogP contribution in [0.3, 0.4) is 0 Å². The highest BCUT2D eigenvalue weighted by Crippen LogP contribution is 2.23. The lowest BCUT2D eigenvalue weighted by molar-refractivity contribution is -0.140. The number of carbonyl (C=O) groups excluding carboxylic acids is 2. The molecule has 11 heteroatoms.